The van der Waals surface area contributed by atoms with Crippen molar-refractivity contribution in [2.75, 3.05) is 7.11 Å². The van der Waals surface area contributed by atoms with E-state index in [9.17, 15) is 4.79 Å². The molecule has 2 aromatic carbocycles. The van der Waals surface area contributed by atoms with E-state index in [0.29, 0.717) is 38.9 Å². The van der Waals surface area contributed by atoms with Crippen LogP contribution in [0, 0.1) is 0 Å². The quantitative estimate of drug-likeness (QED) is 0.419. The zero-order valence-corrected chi connectivity index (χ0v) is 19.5. The van der Waals surface area contributed by atoms with E-state index in [-0.39, 0.29) is 24.6 Å². The highest BCUT2D eigenvalue weighted by molar-refractivity contribution is 6.32. The number of methoxy groups -OCH3 is 1. The lowest BCUT2D eigenvalue weighted by Crippen LogP contribution is -2.32. The number of ether oxygens (including phenoxy) is 2. The number of amides is 1. The highest BCUT2D eigenvalue weighted by Crippen LogP contribution is 2.38. The van der Waals surface area contributed by atoms with Gasteiger partial charge in [-0.15, -0.1) is 10.2 Å². The molecule has 1 aromatic heterocycles. The first-order valence-corrected chi connectivity index (χ1v) is 11.0. The number of aromatic nitrogens is 2. The predicted octanol–water partition coefficient (Wildman–Crippen LogP) is 5.64. The number of hydrogen-bond acceptors (Lipinski definition) is 6. The maximum Gasteiger partial charge on any atom is 0.254 e. The molecule has 1 amide bonds. The molecule has 1 aliphatic carbocycles. The Hall–Kier alpha value is -2.77. The summed E-state index contributed by atoms with van der Waals surface area (Å²) in [7, 11) is 1.52. The third kappa shape index (κ3) is 5.00. The summed E-state index contributed by atoms with van der Waals surface area (Å²) < 4.78 is 17.0. The Labute approximate surface area is 196 Å². The van der Waals surface area contributed by atoms with Crippen LogP contribution in [-0.4, -0.2) is 40.3 Å². The molecule has 0 saturated heterocycles. The fourth-order valence-electron chi connectivity index (χ4n) is 3.28. The van der Waals surface area contributed by atoms with Crippen LogP contribution in [0.5, 0.6) is 11.5 Å². The van der Waals surface area contributed by atoms with Gasteiger partial charge in [-0.3, -0.25) is 4.79 Å². The van der Waals surface area contributed by atoms with E-state index < -0.39 is 0 Å². The molecule has 1 aliphatic rings. The zero-order chi connectivity index (χ0) is 22.8. The average Bonchev–Trinajstić information content (AvgIpc) is 3.50. The summed E-state index contributed by atoms with van der Waals surface area (Å²) in [6.45, 7) is 3.99. The number of hydrogen-bond donors (Lipinski definition) is 0. The van der Waals surface area contributed by atoms with Gasteiger partial charge in [0.1, 0.15) is 0 Å². The van der Waals surface area contributed by atoms with Gasteiger partial charge >= 0.3 is 0 Å². The highest BCUT2D eigenvalue weighted by Gasteiger charge is 2.35. The molecule has 9 heteroatoms. The minimum Gasteiger partial charge on any atom is -0.493 e. The van der Waals surface area contributed by atoms with Gasteiger partial charge in [0, 0.05) is 22.2 Å². The average molecular weight is 476 g/mol. The molecule has 168 valence electrons. The Kier molecular flexibility index (Phi) is 6.58. The maximum absolute atomic E-state index is 13.4. The maximum atomic E-state index is 13.4. The minimum absolute atomic E-state index is 0.0849. The van der Waals surface area contributed by atoms with Crippen LogP contribution in [0.1, 0.15) is 42.9 Å². The highest BCUT2D eigenvalue weighted by atomic mass is 35.5. The van der Waals surface area contributed by atoms with Crippen molar-refractivity contribution < 1.29 is 18.7 Å². The van der Waals surface area contributed by atoms with Gasteiger partial charge < -0.3 is 18.8 Å². The molecule has 32 heavy (non-hydrogen) atoms. The van der Waals surface area contributed by atoms with E-state index in [1.165, 1.54) is 7.11 Å². The fourth-order valence-corrected chi connectivity index (χ4v) is 3.67. The van der Waals surface area contributed by atoms with E-state index in [2.05, 4.69) is 10.2 Å². The van der Waals surface area contributed by atoms with E-state index in [1.54, 1.807) is 41.3 Å². The lowest BCUT2D eigenvalue weighted by Gasteiger charge is -2.22. The molecule has 3 aromatic rings. The van der Waals surface area contributed by atoms with Crippen LogP contribution in [0.4, 0.5) is 0 Å². The first-order chi connectivity index (χ1) is 15.4. The van der Waals surface area contributed by atoms with Gasteiger partial charge in [0.15, 0.2) is 11.5 Å². The Morgan fingerprint density at radius 1 is 1.19 bits per heavy atom. The third-order valence-corrected chi connectivity index (χ3v) is 5.47. The topological polar surface area (TPSA) is 77.7 Å². The van der Waals surface area contributed by atoms with E-state index >= 15 is 0 Å². The summed E-state index contributed by atoms with van der Waals surface area (Å²) in [6, 6.07) is 10.5. The molecule has 7 nitrogen and oxygen atoms in total. The van der Waals surface area contributed by atoms with Crippen molar-refractivity contribution in [3.63, 3.8) is 0 Å². The minimum atomic E-state index is -0.185. The molecule has 4 rings (SSSR count). The van der Waals surface area contributed by atoms with Crippen molar-refractivity contribution in [3.05, 3.63) is 57.9 Å². The van der Waals surface area contributed by atoms with Gasteiger partial charge in [-0.2, -0.15) is 0 Å². The number of carbonyl (C=O) groups is 1. The second-order valence-electron chi connectivity index (χ2n) is 7.83. The van der Waals surface area contributed by atoms with E-state index in [0.717, 1.165) is 18.4 Å². The number of halogens is 2. The van der Waals surface area contributed by atoms with Crippen LogP contribution >= 0.6 is 23.2 Å². The molecule has 0 atom stereocenters. The molecule has 0 N–H and O–H groups in total. The summed E-state index contributed by atoms with van der Waals surface area (Å²) in [5, 5.41) is 9.17. The Bertz CT molecular complexity index is 1110. The second kappa shape index (κ2) is 9.38. The normalized spacial score (nSPS) is 13.3. The summed E-state index contributed by atoms with van der Waals surface area (Å²) in [5.41, 5.74) is 1.17. The lowest BCUT2D eigenvalue weighted by molar-refractivity contribution is 0.0714. The summed E-state index contributed by atoms with van der Waals surface area (Å²) in [5.74, 6) is 1.37. The first-order valence-electron chi connectivity index (χ1n) is 10.3. The second-order valence-corrected chi connectivity index (χ2v) is 8.67. The van der Waals surface area contributed by atoms with Crippen LogP contribution in [-0.2, 0) is 6.54 Å². The molecule has 0 bridgehead atoms. The van der Waals surface area contributed by atoms with Gasteiger partial charge in [-0.05, 0) is 63.1 Å². The van der Waals surface area contributed by atoms with Crippen molar-refractivity contribution in [1.29, 1.82) is 0 Å². The lowest BCUT2D eigenvalue weighted by atomic mass is 10.1. The molecule has 1 fully saturated rings. The van der Waals surface area contributed by atoms with Crippen molar-refractivity contribution in [2.24, 2.45) is 0 Å². The molecule has 0 radical (unpaired) electrons. The molecule has 0 aliphatic heterocycles. The van der Waals surface area contributed by atoms with Crippen LogP contribution in [0.2, 0.25) is 10.0 Å². The van der Waals surface area contributed by atoms with Crippen LogP contribution in [0.15, 0.2) is 40.8 Å². The molecule has 1 heterocycles. The van der Waals surface area contributed by atoms with Gasteiger partial charge in [0.05, 0.1) is 24.8 Å². The van der Waals surface area contributed by atoms with E-state index in [1.807, 2.05) is 13.8 Å². The van der Waals surface area contributed by atoms with Crippen molar-refractivity contribution in [3.8, 4) is 23.0 Å². The standard InChI is InChI=1S/C23H23Cl2N3O4/c1-13(2)31-21-18(25)10-15(11-19(21)30-3)23(29)28(17-8-9-17)12-20-26-27-22(32-20)14-4-6-16(24)7-5-14/h4-7,10-11,13,17H,8-9,12H2,1-3H3. The zero-order valence-electron chi connectivity index (χ0n) is 18.0. The van der Waals surface area contributed by atoms with Crippen molar-refractivity contribution in [2.45, 2.75) is 45.4 Å². The summed E-state index contributed by atoms with van der Waals surface area (Å²) in [6.07, 6.45) is 1.76. The van der Waals surface area contributed by atoms with Crippen LogP contribution < -0.4 is 9.47 Å². The van der Waals surface area contributed by atoms with Crippen molar-refractivity contribution in [1.82, 2.24) is 15.1 Å². The smallest absolute Gasteiger partial charge is 0.254 e. The number of nitrogens with zero attached hydrogens (tertiary/aromatic N) is 3. The molecule has 1 saturated carbocycles. The summed E-state index contributed by atoms with van der Waals surface area (Å²) >= 11 is 12.4. The molecule has 0 unspecified atom stereocenters. The first kappa shape index (κ1) is 22.4. The number of carbonyl (C=O) groups excluding carboxylic acids is 1. The molecular formula is C23H23Cl2N3O4. The molecular weight excluding hydrogens is 453 g/mol. The van der Waals surface area contributed by atoms with Gasteiger partial charge in [0.2, 0.25) is 11.8 Å². The van der Waals surface area contributed by atoms with E-state index in [4.69, 9.17) is 37.1 Å². The summed E-state index contributed by atoms with van der Waals surface area (Å²) in [4.78, 5) is 15.1. The number of rotatable bonds is 8. The predicted molar refractivity (Wildman–Crippen MR) is 121 cm³/mol. The Morgan fingerprint density at radius 2 is 1.91 bits per heavy atom. The van der Waals surface area contributed by atoms with Crippen molar-refractivity contribution >= 4 is 29.1 Å². The largest absolute Gasteiger partial charge is 0.493 e. The van der Waals surface area contributed by atoms with Crippen LogP contribution in [0.3, 0.4) is 0 Å². The SMILES string of the molecule is COc1cc(C(=O)N(Cc2nnc(-c3ccc(Cl)cc3)o2)C2CC2)cc(Cl)c1OC(C)C. The molecule has 0 spiro atoms. The monoisotopic (exact) mass is 475 g/mol. The third-order valence-electron chi connectivity index (χ3n) is 4.94. The Morgan fingerprint density at radius 3 is 2.53 bits per heavy atom. The van der Waals surface area contributed by atoms with Gasteiger partial charge in [0.25, 0.3) is 5.91 Å². The van der Waals surface area contributed by atoms with Gasteiger partial charge in [-0.1, -0.05) is 23.2 Å². The number of benzene rings is 2. The van der Waals surface area contributed by atoms with Gasteiger partial charge in [-0.25, -0.2) is 0 Å². The fraction of sp³-hybridized carbons (Fsp3) is 0.348. The van der Waals surface area contributed by atoms with Crippen LogP contribution in [0.25, 0.3) is 11.5 Å². The Balaban J connectivity index is 1.57.